The lowest BCUT2D eigenvalue weighted by atomic mass is 9.61. The normalized spacial score (nSPS) is 20.8. The fourth-order valence-electron chi connectivity index (χ4n) is 6.47. The summed E-state index contributed by atoms with van der Waals surface area (Å²) in [6, 6.07) is 27.4. The number of hydrogen-bond donors (Lipinski definition) is 3. The van der Waals surface area contributed by atoms with E-state index in [1.165, 1.54) is 6.92 Å². The highest BCUT2D eigenvalue weighted by Gasteiger charge is 2.56. The van der Waals surface area contributed by atoms with Gasteiger partial charge in [0.1, 0.15) is 24.1 Å². The van der Waals surface area contributed by atoms with Crippen LogP contribution in [0.2, 0.25) is 5.02 Å². The van der Waals surface area contributed by atoms with Gasteiger partial charge in [0.15, 0.2) is 0 Å². The number of Topliss-reactive ketones (excluding diaryl/α,β-unsaturated/α-hetero) is 1. The zero-order valence-corrected chi connectivity index (χ0v) is 28.9. The number of amides is 2. The van der Waals surface area contributed by atoms with Crippen molar-refractivity contribution in [3.8, 4) is 5.75 Å². The molecule has 4 aromatic carbocycles. The van der Waals surface area contributed by atoms with Crippen LogP contribution in [0.5, 0.6) is 5.75 Å². The van der Waals surface area contributed by atoms with Gasteiger partial charge in [0, 0.05) is 44.3 Å². The van der Waals surface area contributed by atoms with Gasteiger partial charge in [-0.1, -0.05) is 96.0 Å². The number of halogens is 2. The Morgan fingerprint density at radius 2 is 1.43 bits per heavy atom. The van der Waals surface area contributed by atoms with Crippen LogP contribution in [-0.4, -0.2) is 28.3 Å². The van der Waals surface area contributed by atoms with Crippen LogP contribution in [0.4, 0.5) is 11.4 Å². The number of carbonyl (C=O) groups is 3. The number of hydrogen-bond acceptors (Lipinski definition) is 5. The molecule has 1 aliphatic rings. The van der Waals surface area contributed by atoms with Gasteiger partial charge in [-0.15, -0.1) is 0 Å². The average Bonchev–Trinajstić information content (AvgIpc) is 3.04. The van der Waals surface area contributed by atoms with Crippen LogP contribution in [0.3, 0.4) is 0 Å². The van der Waals surface area contributed by atoms with E-state index in [2.05, 4.69) is 26.6 Å². The molecule has 9 heteroatoms. The molecule has 3 N–H and O–H groups in total. The lowest BCUT2D eigenvalue weighted by Gasteiger charge is -2.45. The summed E-state index contributed by atoms with van der Waals surface area (Å²) >= 11 is 9.97. The molecular formula is C38H38BrClN2O5. The lowest BCUT2D eigenvalue weighted by molar-refractivity contribution is -0.150. The second-order valence-corrected chi connectivity index (χ2v) is 13.4. The van der Waals surface area contributed by atoms with Gasteiger partial charge in [-0.25, -0.2) is 0 Å². The molecule has 47 heavy (non-hydrogen) atoms. The molecule has 1 aliphatic carbocycles. The van der Waals surface area contributed by atoms with Crippen molar-refractivity contribution in [3.63, 3.8) is 0 Å². The van der Waals surface area contributed by atoms with Crippen LogP contribution in [-0.2, 0) is 33.8 Å². The first-order valence-electron chi connectivity index (χ1n) is 15.7. The Kier molecular flexibility index (Phi) is 10.8. The number of nitrogens with one attached hydrogen (secondary N) is 2. The third kappa shape index (κ3) is 7.61. The van der Waals surface area contributed by atoms with Crippen LogP contribution in [0.15, 0.2) is 95.5 Å². The number of carbonyl (C=O) groups excluding carboxylic acids is 3. The van der Waals surface area contributed by atoms with Gasteiger partial charge in [-0.2, -0.15) is 0 Å². The van der Waals surface area contributed by atoms with E-state index < -0.39 is 41.0 Å². The van der Waals surface area contributed by atoms with Crippen LogP contribution in [0.1, 0.15) is 55.4 Å². The molecule has 4 aromatic rings. The Labute approximate surface area is 288 Å². The number of aliphatic hydroxyl groups is 1. The molecule has 1 fully saturated rings. The first kappa shape index (κ1) is 34.4. The van der Waals surface area contributed by atoms with E-state index in [9.17, 15) is 19.5 Å². The van der Waals surface area contributed by atoms with E-state index in [1.54, 1.807) is 36.4 Å². The summed E-state index contributed by atoms with van der Waals surface area (Å²) < 4.78 is 6.97. The van der Waals surface area contributed by atoms with Crippen LogP contribution in [0.25, 0.3) is 0 Å². The van der Waals surface area contributed by atoms with Crippen molar-refractivity contribution in [2.24, 2.45) is 11.8 Å². The Balaban J connectivity index is 1.64. The van der Waals surface area contributed by atoms with E-state index in [0.717, 1.165) is 16.7 Å². The van der Waals surface area contributed by atoms with Gasteiger partial charge in [0.2, 0.25) is 11.8 Å². The molecule has 1 saturated carbocycles. The molecule has 0 bridgehead atoms. The molecule has 0 radical (unpaired) electrons. The summed E-state index contributed by atoms with van der Waals surface area (Å²) in [6.45, 7) is 5.56. The molecule has 0 aliphatic heterocycles. The first-order valence-corrected chi connectivity index (χ1v) is 16.9. The van der Waals surface area contributed by atoms with Crippen molar-refractivity contribution >= 4 is 56.5 Å². The first-order chi connectivity index (χ1) is 22.5. The lowest BCUT2D eigenvalue weighted by Crippen LogP contribution is -2.56. The molecule has 2 amide bonds. The van der Waals surface area contributed by atoms with E-state index >= 15 is 0 Å². The minimum Gasteiger partial charge on any atom is -0.489 e. The molecule has 244 valence electrons. The van der Waals surface area contributed by atoms with E-state index in [0.29, 0.717) is 45.0 Å². The zero-order valence-electron chi connectivity index (χ0n) is 26.6. The number of para-hydroxylation sites is 2. The van der Waals surface area contributed by atoms with Crippen molar-refractivity contribution < 1.29 is 24.2 Å². The quantitative estimate of drug-likeness (QED) is 0.144. The minimum atomic E-state index is -1.78. The number of ether oxygens (including phenoxy) is 1. The van der Waals surface area contributed by atoms with Gasteiger partial charge in [-0.3, -0.25) is 14.4 Å². The third-order valence-corrected chi connectivity index (χ3v) is 9.68. The van der Waals surface area contributed by atoms with E-state index in [4.69, 9.17) is 16.3 Å². The maximum absolute atomic E-state index is 14.4. The van der Waals surface area contributed by atoms with E-state index in [-0.39, 0.29) is 13.0 Å². The number of aryl methyl sites for hydroxylation is 2. The average molecular weight is 718 g/mol. The van der Waals surface area contributed by atoms with Gasteiger partial charge < -0.3 is 20.5 Å². The number of benzene rings is 4. The van der Waals surface area contributed by atoms with Crippen molar-refractivity contribution in [1.82, 2.24) is 0 Å². The third-order valence-electron chi connectivity index (χ3n) is 8.82. The minimum absolute atomic E-state index is 0.104. The summed E-state index contributed by atoms with van der Waals surface area (Å²) in [6.07, 6.45) is 0.960. The summed E-state index contributed by atoms with van der Waals surface area (Å²) in [5.41, 5.74) is 2.41. The van der Waals surface area contributed by atoms with Crippen molar-refractivity contribution in [2.75, 3.05) is 10.6 Å². The molecular weight excluding hydrogens is 680 g/mol. The van der Waals surface area contributed by atoms with Gasteiger partial charge >= 0.3 is 0 Å². The van der Waals surface area contributed by atoms with Crippen molar-refractivity contribution in [1.29, 1.82) is 0 Å². The molecule has 7 nitrogen and oxygen atoms in total. The molecule has 4 atom stereocenters. The van der Waals surface area contributed by atoms with E-state index in [1.807, 2.05) is 68.4 Å². The predicted molar refractivity (Wildman–Crippen MR) is 189 cm³/mol. The highest BCUT2D eigenvalue weighted by atomic mass is 79.9. The second kappa shape index (κ2) is 14.8. The van der Waals surface area contributed by atoms with Crippen LogP contribution >= 0.6 is 27.5 Å². The van der Waals surface area contributed by atoms with Gasteiger partial charge in [0.25, 0.3) is 0 Å². The Bertz CT molecular complexity index is 1790. The highest BCUT2D eigenvalue weighted by Crippen LogP contribution is 2.49. The summed E-state index contributed by atoms with van der Waals surface area (Å²) in [5, 5.41) is 18.4. The summed E-state index contributed by atoms with van der Waals surface area (Å²) in [4.78, 5) is 42.7. The van der Waals surface area contributed by atoms with Gasteiger partial charge in [0.05, 0.1) is 11.5 Å². The Morgan fingerprint density at radius 3 is 2.02 bits per heavy atom. The molecule has 0 saturated heterocycles. The second-order valence-electron chi connectivity index (χ2n) is 12.0. The molecule has 0 spiro atoms. The highest BCUT2D eigenvalue weighted by molar-refractivity contribution is 9.10. The SMILES string of the molecule is CCc1ccccc1NC(=O)C1C(=O)CC(C)(O)C(C(=O)Nc2ccccc2CC)C1c1cc(Br)ccc1OCc1ccccc1Cl. The maximum atomic E-state index is 14.4. The topological polar surface area (TPSA) is 105 Å². The number of rotatable bonds is 10. The largest absolute Gasteiger partial charge is 0.489 e. The maximum Gasteiger partial charge on any atom is 0.235 e. The monoisotopic (exact) mass is 716 g/mol. The number of anilines is 2. The predicted octanol–water partition coefficient (Wildman–Crippen LogP) is 8.12. The Morgan fingerprint density at radius 1 is 0.872 bits per heavy atom. The smallest absolute Gasteiger partial charge is 0.235 e. The molecule has 4 unspecified atom stereocenters. The number of ketones is 1. The van der Waals surface area contributed by atoms with Crippen LogP contribution in [0, 0.1) is 11.8 Å². The summed E-state index contributed by atoms with van der Waals surface area (Å²) in [5.74, 6) is -4.78. The van der Waals surface area contributed by atoms with Crippen LogP contribution < -0.4 is 15.4 Å². The zero-order chi connectivity index (χ0) is 33.7. The standard InChI is InChI=1S/C38H38BrClN2O5/c1-4-23-12-7-10-16-29(23)41-36(44)34-31(43)21-38(3,46)35(37(45)42-30-17-11-8-13-24(30)5-2)33(34)27-20-26(39)18-19-32(27)47-22-25-14-6-9-15-28(25)40/h6-20,33-35,46H,4-5,21-22H2,1-3H3,(H,41,44)(H,42,45). The fourth-order valence-corrected chi connectivity index (χ4v) is 7.04. The van der Waals surface area contributed by atoms with Crippen molar-refractivity contribution in [2.45, 2.75) is 58.2 Å². The molecule has 0 aromatic heterocycles. The molecule has 5 rings (SSSR count). The van der Waals surface area contributed by atoms with Gasteiger partial charge in [-0.05, 0) is 67.3 Å². The Hall–Kier alpha value is -3.98. The summed E-state index contributed by atoms with van der Waals surface area (Å²) in [7, 11) is 0. The fraction of sp³-hybridized carbons (Fsp3) is 0.289. The molecule has 0 heterocycles. The van der Waals surface area contributed by atoms with Crippen molar-refractivity contribution in [3.05, 3.63) is 123 Å².